The number of carbonyl (C=O) groups is 2. The molecule has 142 valence electrons. The summed E-state index contributed by atoms with van der Waals surface area (Å²) in [5.41, 5.74) is 0.695. The third kappa shape index (κ3) is 2.93. The summed E-state index contributed by atoms with van der Waals surface area (Å²) in [6.45, 7) is 3.92. The lowest BCUT2D eigenvalue weighted by atomic mass is 9.70. The van der Waals surface area contributed by atoms with Crippen LogP contribution in [-0.4, -0.2) is 40.6 Å². The lowest BCUT2D eigenvalue weighted by molar-refractivity contribution is -0.157. The number of aromatic nitrogens is 1. The van der Waals surface area contributed by atoms with Crippen LogP contribution in [-0.2, 0) is 16.0 Å². The quantitative estimate of drug-likeness (QED) is 0.758. The highest BCUT2D eigenvalue weighted by Gasteiger charge is 2.62. The van der Waals surface area contributed by atoms with Crippen LogP contribution in [0.4, 0.5) is 0 Å². The van der Waals surface area contributed by atoms with Crippen molar-refractivity contribution in [3.05, 3.63) is 53.4 Å². The van der Waals surface area contributed by atoms with E-state index in [9.17, 15) is 9.59 Å². The van der Waals surface area contributed by atoms with Crippen molar-refractivity contribution in [2.24, 2.45) is 5.41 Å². The summed E-state index contributed by atoms with van der Waals surface area (Å²) in [6.07, 6.45) is 2.92. The van der Waals surface area contributed by atoms with Gasteiger partial charge in [0.15, 0.2) is 5.69 Å². The maximum atomic E-state index is 13.1. The van der Waals surface area contributed by atoms with Gasteiger partial charge in [-0.3, -0.25) is 9.59 Å². The molecule has 3 atom stereocenters. The summed E-state index contributed by atoms with van der Waals surface area (Å²) >= 11 is 0. The number of esters is 1. The Bertz CT molecular complexity index is 847. The number of benzene rings is 1. The molecule has 2 aliphatic rings. The van der Waals surface area contributed by atoms with E-state index in [0.29, 0.717) is 30.9 Å². The molecule has 2 bridgehead atoms. The van der Waals surface area contributed by atoms with Crippen molar-refractivity contribution in [2.75, 3.05) is 6.61 Å². The number of ether oxygens (including phenoxy) is 1. The Kier molecular flexibility index (Phi) is 4.50. The molecule has 2 aliphatic heterocycles. The fraction of sp³-hybridized carbons (Fsp3) is 0.476. The molecule has 0 N–H and O–H groups in total. The SMILES string of the molecule is CCOC(=O)[C@@]1(Cc2ccccc2)C[C@H]2CC[C@@H]1N2C(=O)c1cc(C)on1. The highest BCUT2D eigenvalue weighted by Crippen LogP contribution is 2.52. The van der Waals surface area contributed by atoms with E-state index in [4.69, 9.17) is 9.26 Å². The van der Waals surface area contributed by atoms with E-state index >= 15 is 0 Å². The lowest BCUT2D eigenvalue weighted by Gasteiger charge is -2.35. The number of rotatable bonds is 5. The number of nitrogens with zero attached hydrogens (tertiary/aromatic N) is 2. The average Bonchev–Trinajstić information content (AvgIpc) is 3.36. The minimum absolute atomic E-state index is 0.0348. The monoisotopic (exact) mass is 368 g/mol. The van der Waals surface area contributed by atoms with E-state index in [1.807, 2.05) is 42.2 Å². The van der Waals surface area contributed by atoms with E-state index in [-0.39, 0.29) is 24.0 Å². The molecule has 1 amide bonds. The summed E-state index contributed by atoms with van der Waals surface area (Å²) in [4.78, 5) is 28.0. The molecule has 0 aliphatic carbocycles. The molecule has 0 radical (unpaired) electrons. The van der Waals surface area contributed by atoms with Gasteiger partial charge in [0.05, 0.1) is 12.0 Å². The second-order valence-electron chi connectivity index (χ2n) is 7.53. The maximum Gasteiger partial charge on any atom is 0.314 e. The van der Waals surface area contributed by atoms with E-state index in [1.54, 1.807) is 13.0 Å². The molecule has 0 saturated carbocycles. The van der Waals surface area contributed by atoms with Crippen LogP contribution in [0.3, 0.4) is 0 Å². The summed E-state index contributed by atoms with van der Waals surface area (Å²) in [5, 5.41) is 3.89. The van der Waals surface area contributed by atoms with E-state index < -0.39 is 5.41 Å². The third-order valence-electron chi connectivity index (χ3n) is 5.87. The molecule has 1 aromatic heterocycles. The first-order valence-electron chi connectivity index (χ1n) is 9.52. The maximum absolute atomic E-state index is 13.1. The Balaban J connectivity index is 1.68. The highest BCUT2D eigenvalue weighted by molar-refractivity contribution is 5.94. The van der Waals surface area contributed by atoms with Crippen LogP contribution in [0, 0.1) is 12.3 Å². The second kappa shape index (κ2) is 6.83. The minimum atomic E-state index is -0.700. The molecule has 1 aromatic carbocycles. The fourth-order valence-corrected chi connectivity index (χ4v) is 4.81. The minimum Gasteiger partial charge on any atom is -0.465 e. The van der Waals surface area contributed by atoms with Crippen molar-refractivity contribution in [2.45, 2.75) is 51.6 Å². The molecule has 4 rings (SSSR count). The Labute approximate surface area is 158 Å². The molecule has 27 heavy (non-hydrogen) atoms. The molecular weight excluding hydrogens is 344 g/mol. The van der Waals surface area contributed by atoms with Gasteiger partial charge in [-0.2, -0.15) is 0 Å². The number of amides is 1. The van der Waals surface area contributed by atoms with Crippen molar-refractivity contribution in [1.29, 1.82) is 0 Å². The number of hydrogen-bond donors (Lipinski definition) is 0. The van der Waals surface area contributed by atoms with Gasteiger partial charge < -0.3 is 14.2 Å². The number of fused-ring (bicyclic) bond motifs is 2. The van der Waals surface area contributed by atoms with Gasteiger partial charge in [-0.05, 0) is 45.1 Å². The molecule has 2 aromatic rings. The molecule has 0 spiro atoms. The fourth-order valence-electron chi connectivity index (χ4n) is 4.81. The summed E-state index contributed by atoms with van der Waals surface area (Å²) in [7, 11) is 0. The first-order chi connectivity index (χ1) is 13.0. The number of carbonyl (C=O) groups excluding carboxylic acids is 2. The van der Waals surface area contributed by atoms with Crippen molar-refractivity contribution >= 4 is 11.9 Å². The van der Waals surface area contributed by atoms with Crippen LogP contribution in [0.5, 0.6) is 0 Å². The summed E-state index contributed by atoms with van der Waals surface area (Å²) in [6, 6.07) is 11.5. The van der Waals surface area contributed by atoms with Crippen molar-refractivity contribution in [1.82, 2.24) is 10.1 Å². The van der Waals surface area contributed by atoms with Crippen LogP contribution < -0.4 is 0 Å². The first kappa shape index (κ1) is 17.8. The predicted octanol–water partition coefficient (Wildman–Crippen LogP) is 3.15. The van der Waals surface area contributed by atoms with Crippen LogP contribution >= 0.6 is 0 Å². The van der Waals surface area contributed by atoms with Gasteiger partial charge in [0, 0.05) is 18.2 Å². The van der Waals surface area contributed by atoms with Gasteiger partial charge in [-0.1, -0.05) is 35.5 Å². The van der Waals surface area contributed by atoms with Crippen LogP contribution in [0.15, 0.2) is 40.9 Å². The molecule has 6 nitrogen and oxygen atoms in total. The van der Waals surface area contributed by atoms with E-state index in [0.717, 1.165) is 18.4 Å². The predicted molar refractivity (Wildman–Crippen MR) is 98.0 cm³/mol. The Morgan fingerprint density at radius 1 is 1.30 bits per heavy atom. The molecule has 3 heterocycles. The third-order valence-corrected chi connectivity index (χ3v) is 5.87. The standard InChI is InChI=1S/C21H24N2O4/c1-3-26-20(25)21(12-15-7-5-4-6-8-15)13-16-9-10-18(21)23(16)19(24)17-11-14(2)27-22-17/h4-8,11,16,18H,3,9-10,12-13H2,1-2H3/t16-,18+,21+/m1/s1. The van der Waals surface area contributed by atoms with Crippen molar-refractivity contribution in [3.8, 4) is 0 Å². The van der Waals surface area contributed by atoms with Crippen LogP contribution in [0.1, 0.15) is 48.0 Å². The van der Waals surface area contributed by atoms with Gasteiger partial charge in [-0.25, -0.2) is 0 Å². The average molecular weight is 368 g/mol. The van der Waals surface area contributed by atoms with Gasteiger partial charge in [0.1, 0.15) is 5.76 Å². The largest absolute Gasteiger partial charge is 0.465 e. The molecule has 2 saturated heterocycles. The second-order valence-corrected chi connectivity index (χ2v) is 7.53. The zero-order valence-corrected chi connectivity index (χ0v) is 15.7. The Morgan fingerprint density at radius 2 is 2.07 bits per heavy atom. The smallest absolute Gasteiger partial charge is 0.314 e. The molecular formula is C21H24N2O4. The van der Waals surface area contributed by atoms with Crippen LogP contribution in [0.25, 0.3) is 0 Å². The molecule has 6 heteroatoms. The Hall–Kier alpha value is -2.63. The van der Waals surface area contributed by atoms with E-state index in [1.165, 1.54) is 0 Å². The van der Waals surface area contributed by atoms with Gasteiger partial charge in [-0.15, -0.1) is 0 Å². The summed E-state index contributed by atoms with van der Waals surface area (Å²) in [5.74, 6) is 0.250. The molecule has 2 fully saturated rings. The van der Waals surface area contributed by atoms with Gasteiger partial charge >= 0.3 is 5.97 Å². The van der Waals surface area contributed by atoms with E-state index in [2.05, 4.69) is 5.16 Å². The van der Waals surface area contributed by atoms with Gasteiger partial charge in [0.2, 0.25) is 0 Å². The van der Waals surface area contributed by atoms with Crippen molar-refractivity contribution < 1.29 is 18.8 Å². The van der Waals surface area contributed by atoms with Crippen LogP contribution in [0.2, 0.25) is 0 Å². The normalized spacial score (nSPS) is 26.4. The Morgan fingerprint density at radius 3 is 2.74 bits per heavy atom. The summed E-state index contributed by atoms with van der Waals surface area (Å²) < 4.78 is 10.6. The highest BCUT2D eigenvalue weighted by atomic mass is 16.5. The molecule has 0 unspecified atom stereocenters. The number of aryl methyl sites for hydroxylation is 1. The topological polar surface area (TPSA) is 72.6 Å². The number of hydrogen-bond acceptors (Lipinski definition) is 5. The zero-order valence-electron chi connectivity index (χ0n) is 15.7. The first-order valence-corrected chi connectivity index (χ1v) is 9.52. The van der Waals surface area contributed by atoms with Crippen molar-refractivity contribution in [3.63, 3.8) is 0 Å². The van der Waals surface area contributed by atoms with Gasteiger partial charge in [0.25, 0.3) is 5.91 Å². The zero-order chi connectivity index (χ0) is 19.0. The lowest BCUT2D eigenvalue weighted by Crippen LogP contribution is -2.47.